The second-order valence-corrected chi connectivity index (χ2v) is 7.07. The molecule has 0 saturated heterocycles. The van der Waals surface area contributed by atoms with Crippen LogP contribution in [0.1, 0.15) is 45.1 Å². The topological polar surface area (TPSA) is 91.6 Å². The quantitative estimate of drug-likeness (QED) is 0.775. The lowest BCUT2D eigenvalue weighted by molar-refractivity contribution is 0.0919. The molecule has 24 heavy (non-hydrogen) atoms. The van der Waals surface area contributed by atoms with Crippen molar-refractivity contribution in [2.24, 2.45) is 5.92 Å². The molecule has 7 heteroatoms. The van der Waals surface area contributed by atoms with Gasteiger partial charge in [-0.05, 0) is 43.5 Å². The van der Waals surface area contributed by atoms with Gasteiger partial charge in [0.25, 0.3) is 11.8 Å². The minimum Gasteiger partial charge on any atom is -0.459 e. The smallest absolute Gasteiger partial charge is 0.291 e. The largest absolute Gasteiger partial charge is 0.459 e. The number of hydrogen-bond acceptors (Lipinski definition) is 5. The molecule has 1 fully saturated rings. The van der Waals surface area contributed by atoms with Crippen LogP contribution in [0.3, 0.4) is 0 Å². The highest BCUT2D eigenvalue weighted by molar-refractivity contribution is 7.18. The van der Waals surface area contributed by atoms with Crippen molar-refractivity contribution in [3.8, 4) is 0 Å². The molecule has 0 aliphatic heterocycles. The summed E-state index contributed by atoms with van der Waals surface area (Å²) in [6, 6.07) is 4.99. The molecule has 128 valence electrons. The molecule has 3 rings (SSSR count). The van der Waals surface area contributed by atoms with E-state index in [2.05, 4.69) is 10.6 Å². The molecule has 3 N–H and O–H groups in total. The van der Waals surface area contributed by atoms with Gasteiger partial charge < -0.3 is 20.2 Å². The van der Waals surface area contributed by atoms with Crippen LogP contribution < -0.4 is 10.6 Å². The zero-order valence-corrected chi connectivity index (χ0v) is 14.2. The van der Waals surface area contributed by atoms with Gasteiger partial charge >= 0.3 is 0 Å². The number of aryl methyl sites for hydroxylation is 1. The lowest BCUT2D eigenvalue weighted by Gasteiger charge is -2.14. The Kier molecular flexibility index (Phi) is 5.01. The van der Waals surface area contributed by atoms with Crippen molar-refractivity contribution in [1.29, 1.82) is 0 Å². The average Bonchev–Trinajstić information content (AvgIpc) is 3.26. The van der Waals surface area contributed by atoms with E-state index < -0.39 is 0 Å². The first-order valence-corrected chi connectivity index (χ1v) is 8.78. The van der Waals surface area contributed by atoms with Crippen LogP contribution in [0, 0.1) is 12.8 Å². The molecule has 1 saturated carbocycles. The van der Waals surface area contributed by atoms with Gasteiger partial charge in [-0.1, -0.05) is 6.42 Å². The van der Waals surface area contributed by atoms with E-state index in [0.717, 1.165) is 24.8 Å². The highest BCUT2D eigenvalue weighted by Gasteiger charge is 2.26. The van der Waals surface area contributed by atoms with E-state index in [9.17, 15) is 14.7 Å². The van der Waals surface area contributed by atoms with Crippen molar-refractivity contribution in [3.63, 3.8) is 0 Å². The van der Waals surface area contributed by atoms with Gasteiger partial charge in [-0.25, -0.2) is 0 Å². The average molecular weight is 348 g/mol. The Bertz CT molecular complexity index is 723. The van der Waals surface area contributed by atoms with Gasteiger partial charge in [0.05, 0.1) is 22.2 Å². The Hall–Kier alpha value is -2.12. The predicted octanol–water partition coefficient (Wildman–Crippen LogP) is 2.79. The molecule has 2 aromatic rings. The van der Waals surface area contributed by atoms with Crippen molar-refractivity contribution < 1.29 is 19.1 Å². The predicted molar refractivity (Wildman–Crippen MR) is 91.4 cm³/mol. The summed E-state index contributed by atoms with van der Waals surface area (Å²) < 4.78 is 5.05. The van der Waals surface area contributed by atoms with Crippen LogP contribution in [-0.4, -0.2) is 29.6 Å². The minimum absolute atomic E-state index is 0.132. The highest BCUT2D eigenvalue weighted by atomic mass is 32.1. The van der Waals surface area contributed by atoms with E-state index in [-0.39, 0.29) is 29.6 Å². The molecule has 1 aliphatic carbocycles. The van der Waals surface area contributed by atoms with E-state index in [1.165, 1.54) is 17.6 Å². The second kappa shape index (κ2) is 7.19. The first-order valence-electron chi connectivity index (χ1n) is 7.96. The normalized spacial score (nSPS) is 20.1. The van der Waals surface area contributed by atoms with Gasteiger partial charge in [-0.3, -0.25) is 9.59 Å². The number of furan rings is 1. The van der Waals surface area contributed by atoms with Gasteiger partial charge in [0.1, 0.15) is 0 Å². The monoisotopic (exact) mass is 348 g/mol. The fourth-order valence-electron chi connectivity index (χ4n) is 2.91. The maximum Gasteiger partial charge on any atom is 0.291 e. The summed E-state index contributed by atoms with van der Waals surface area (Å²) in [6.45, 7) is 2.31. The molecule has 0 bridgehead atoms. The van der Waals surface area contributed by atoms with E-state index in [1.807, 2.05) is 6.92 Å². The van der Waals surface area contributed by atoms with Gasteiger partial charge in [0.2, 0.25) is 0 Å². The fourth-order valence-corrected chi connectivity index (χ4v) is 3.89. The van der Waals surface area contributed by atoms with Gasteiger partial charge in [0.15, 0.2) is 5.76 Å². The van der Waals surface area contributed by atoms with Crippen LogP contribution in [0.5, 0.6) is 0 Å². The first kappa shape index (κ1) is 16.7. The van der Waals surface area contributed by atoms with Crippen LogP contribution >= 0.6 is 11.3 Å². The van der Waals surface area contributed by atoms with Gasteiger partial charge in [-0.2, -0.15) is 0 Å². The zero-order chi connectivity index (χ0) is 17.1. The lowest BCUT2D eigenvalue weighted by Crippen LogP contribution is -2.32. The van der Waals surface area contributed by atoms with E-state index in [4.69, 9.17) is 4.42 Å². The number of aliphatic hydroxyl groups is 1. The summed E-state index contributed by atoms with van der Waals surface area (Å²) in [5, 5.41) is 16.0. The Morgan fingerprint density at radius 2 is 2.21 bits per heavy atom. The number of amides is 2. The number of rotatable bonds is 5. The molecule has 2 amide bonds. The Morgan fingerprint density at radius 3 is 2.88 bits per heavy atom. The summed E-state index contributed by atoms with van der Waals surface area (Å²) in [6.07, 6.45) is 3.86. The molecule has 2 unspecified atom stereocenters. The third kappa shape index (κ3) is 3.68. The maximum atomic E-state index is 12.3. The second-order valence-electron chi connectivity index (χ2n) is 6.02. The highest BCUT2D eigenvalue weighted by Crippen LogP contribution is 2.28. The molecule has 1 aliphatic rings. The van der Waals surface area contributed by atoms with E-state index in [1.54, 1.807) is 18.2 Å². The van der Waals surface area contributed by atoms with Crippen molar-refractivity contribution in [2.45, 2.75) is 32.3 Å². The molecule has 0 radical (unpaired) electrons. The summed E-state index contributed by atoms with van der Waals surface area (Å²) >= 11 is 1.23. The van der Waals surface area contributed by atoms with Crippen molar-refractivity contribution >= 4 is 28.2 Å². The summed E-state index contributed by atoms with van der Waals surface area (Å²) in [7, 11) is 0. The molecule has 2 heterocycles. The molecule has 2 atom stereocenters. The molecular weight excluding hydrogens is 328 g/mol. The lowest BCUT2D eigenvalue weighted by atomic mass is 10.1. The van der Waals surface area contributed by atoms with Crippen LogP contribution in [0.2, 0.25) is 0 Å². The van der Waals surface area contributed by atoms with Crippen molar-refractivity contribution in [3.05, 3.63) is 40.7 Å². The van der Waals surface area contributed by atoms with Crippen LogP contribution in [0.15, 0.2) is 28.9 Å². The molecular formula is C17H20N2O4S. The number of anilines is 1. The van der Waals surface area contributed by atoms with Crippen LogP contribution in [-0.2, 0) is 0 Å². The molecule has 2 aromatic heterocycles. The third-order valence-corrected chi connectivity index (χ3v) is 5.40. The van der Waals surface area contributed by atoms with E-state index >= 15 is 0 Å². The van der Waals surface area contributed by atoms with E-state index in [0.29, 0.717) is 16.4 Å². The van der Waals surface area contributed by atoms with Gasteiger partial charge in [0, 0.05) is 12.5 Å². The van der Waals surface area contributed by atoms with Crippen LogP contribution in [0.4, 0.5) is 5.00 Å². The molecule has 0 aromatic carbocycles. The molecule has 6 nitrogen and oxygen atoms in total. The fraction of sp³-hybridized carbons (Fsp3) is 0.412. The Labute approximate surface area is 143 Å². The number of hydrogen-bond donors (Lipinski definition) is 3. The standard InChI is InChI=1S/C17H20N2O4S/c1-10-8-14(19-16(21)13-6-3-7-23-13)24-15(10)17(22)18-9-11-4-2-5-12(11)20/h3,6-8,11-12,20H,2,4-5,9H2,1H3,(H,18,22)(H,19,21). The first-order chi connectivity index (χ1) is 11.5. The Balaban J connectivity index is 1.60. The third-order valence-electron chi connectivity index (χ3n) is 4.25. The SMILES string of the molecule is Cc1cc(NC(=O)c2ccco2)sc1C(=O)NCC1CCCC1O. The maximum absolute atomic E-state index is 12.3. The number of aliphatic hydroxyl groups excluding tert-OH is 1. The summed E-state index contributed by atoms with van der Waals surface area (Å²) in [5.41, 5.74) is 0.805. The summed E-state index contributed by atoms with van der Waals surface area (Å²) in [4.78, 5) is 24.9. The van der Waals surface area contributed by atoms with Crippen LogP contribution in [0.25, 0.3) is 0 Å². The number of carbonyl (C=O) groups is 2. The number of thiophene rings is 1. The van der Waals surface area contributed by atoms with Crippen molar-refractivity contribution in [1.82, 2.24) is 5.32 Å². The number of nitrogens with one attached hydrogen (secondary N) is 2. The number of carbonyl (C=O) groups excluding carboxylic acids is 2. The van der Waals surface area contributed by atoms with Gasteiger partial charge in [-0.15, -0.1) is 11.3 Å². The summed E-state index contributed by atoms with van der Waals surface area (Å²) in [5.74, 6) is -0.160. The van der Waals surface area contributed by atoms with Crippen molar-refractivity contribution in [2.75, 3.05) is 11.9 Å². The zero-order valence-electron chi connectivity index (χ0n) is 13.4. The minimum atomic E-state index is -0.345. The molecule has 0 spiro atoms. The Morgan fingerprint density at radius 1 is 1.38 bits per heavy atom.